The van der Waals surface area contributed by atoms with Crippen molar-refractivity contribution in [1.82, 2.24) is 0 Å². The van der Waals surface area contributed by atoms with Crippen LogP contribution >= 0.6 is 0 Å². The van der Waals surface area contributed by atoms with Gasteiger partial charge in [0.05, 0.1) is 17.8 Å². The number of hydrogen-bond donors (Lipinski definition) is 1. The van der Waals surface area contributed by atoms with E-state index in [0.29, 0.717) is 12.3 Å². The number of ether oxygens (including phenoxy) is 1. The molecule has 1 heterocycles. The highest BCUT2D eigenvalue weighted by molar-refractivity contribution is 5.59. The number of nitrogens with one attached hydrogen (secondary N) is 1. The van der Waals surface area contributed by atoms with Crippen molar-refractivity contribution < 1.29 is 17.9 Å². The summed E-state index contributed by atoms with van der Waals surface area (Å²) in [6, 6.07) is 11.2. The molecule has 0 saturated carbocycles. The van der Waals surface area contributed by atoms with Gasteiger partial charge in [0.25, 0.3) is 0 Å². The Bertz CT molecular complexity index is 667. The molecule has 0 spiro atoms. The first-order chi connectivity index (χ1) is 9.95. The van der Waals surface area contributed by atoms with E-state index < -0.39 is 17.8 Å². The Balaban J connectivity index is 1.97. The molecule has 2 aromatic carbocycles. The fourth-order valence-electron chi connectivity index (χ4n) is 2.48. The van der Waals surface area contributed by atoms with Crippen LogP contribution in [0, 0.1) is 6.92 Å². The van der Waals surface area contributed by atoms with E-state index in [-0.39, 0.29) is 5.56 Å². The molecule has 2 aromatic rings. The Morgan fingerprint density at radius 1 is 1.14 bits per heavy atom. The number of fused-ring (bicyclic) bond motifs is 1. The van der Waals surface area contributed by atoms with Crippen molar-refractivity contribution in [3.8, 4) is 5.75 Å². The van der Waals surface area contributed by atoms with Crippen molar-refractivity contribution in [2.24, 2.45) is 0 Å². The zero-order chi connectivity index (χ0) is 15.0. The zero-order valence-electron chi connectivity index (χ0n) is 11.4. The van der Waals surface area contributed by atoms with E-state index in [0.717, 1.165) is 17.3 Å². The van der Waals surface area contributed by atoms with E-state index in [1.807, 2.05) is 25.1 Å². The molecule has 0 fully saturated rings. The van der Waals surface area contributed by atoms with Gasteiger partial charge in [-0.3, -0.25) is 0 Å². The minimum atomic E-state index is -4.38. The molecular weight excluding hydrogens is 279 g/mol. The van der Waals surface area contributed by atoms with Crippen LogP contribution < -0.4 is 10.1 Å². The second-order valence-corrected chi connectivity index (χ2v) is 5.07. The van der Waals surface area contributed by atoms with Gasteiger partial charge in [-0.25, -0.2) is 0 Å². The number of hydrogen-bond acceptors (Lipinski definition) is 2. The van der Waals surface area contributed by atoms with Gasteiger partial charge in [-0.1, -0.05) is 24.3 Å². The SMILES string of the molecule is Cc1ccc2c(c1)OC(c1ccccc1C(F)(F)F)CN2. The molecule has 0 bridgehead atoms. The molecule has 5 heteroatoms. The second kappa shape index (κ2) is 4.98. The van der Waals surface area contributed by atoms with Crippen molar-refractivity contribution in [3.05, 3.63) is 59.2 Å². The van der Waals surface area contributed by atoms with Gasteiger partial charge < -0.3 is 10.1 Å². The normalized spacial score (nSPS) is 17.6. The number of aryl methyl sites for hydroxylation is 1. The van der Waals surface area contributed by atoms with Crippen molar-refractivity contribution >= 4 is 5.69 Å². The van der Waals surface area contributed by atoms with E-state index in [2.05, 4.69) is 5.32 Å². The molecule has 1 unspecified atom stereocenters. The first-order valence-electron chi connectivity index (χ1n) is 6.62. The highest BCUT2D eigenvalue weighted by Crippen LogP contribution is 2.39. The Morgan fingerprint density at radius 2 is 1.90 bits per heavy atom. The van der Waals surface area contributed by atoms with E-state index >= 15 is 0 Å². The van der Waals surface area contributed by atoms with Crippen LogP contribution in [-0.2, 0) is 6.18 Å². The van der Waals surface area contributed by atoms with Crippen LogP contribution in [0.15, 0.2) is 42.5 Å². The molecule has 1 aliphatic heterocycles. The topological polar surface area (TPSA) is 21.3 Å². The van der Waals surface area contributed by atoms with Crippen molar-refractivity contribution in [1.29, 1.82) is 0 Å². The predicted octanol–water partition coefficient (Wildman–Crippen LogP) is 4.56. The van der Waals surface area contributed by atoms with Gasteiger partial charge in [-0.2, -0.15) is 13.2 Å². The van der Waals surface area contributed by atoms with Crippen LogP contribution in [0.3, 0.4) is 0 Å². The number of rotatable bonds is 1. The molecule has 2 nitrogen and oxygen atoms in total. The highest BCUT2D eigenvalue weighted by atomic mass is 19.4. The second-order valence-electron chi connectivity index (χ2n) is 5.07. The molecule has 1 aliphatic rings. The number of anilines is 1. The molecule has 0 aromatic heterocycles. The molecule has 21 heavy (non-hydrogen) atoms. The third-order valence-electron chi connectivity index (χ3n) is 3.50. The average molecular weight is 293 g/mol. The fraction of sp³-hybridized carbons (Fsp3) is 0.250. The number of alkyl halides is 3. The van der Waals surface area contributed by atoms with Crippen LogP contribution in [0.2, 0.25) is 0 Å². The summed E-state index contributed by atoms with van der Waals surface area (Å²) in [7, 11) is 0. The van der Waals surface area contributed by atoms with E-state index in [1.54, 1.807) is 6.07 Å². The van der Waals surface area contributed by atoms with Crippen molar-refractivity contribution in [2.45, 2.75) is 19.2 Å². The minimum Gasteiger partial charge on any atom is -0.482 e. The molecule has 0 aliphatic carbocycles. The van der Waals surface area contributed by atoms with Gasteiger partial charge in [0.15, 0.2) is 0 Å². The number of halogens is 3. The molecule has 0 radical (unpaired) electrons. The lowest BCUT2D eigenvalue weighted by molar-refractivity contribution is -0.139. The largest absolute Gasteiger partial charge is 0.482 e. The first-order valence-corrected chi connectivity index (χ1v) is 6.62. The summed E-state index contributed by atoms with van der Waals surface area (Å²) in [5, 5.41) is 3.12. The third kappa shape index (κ3) is 2.68. The van der Waals surface area contributed by atoms with E-state index in [9.17, 15) is 13.2 Å². The number of benzene rings is 2. The summed E-state index contributed by atoms with van der Waals surface area (Å²) >= 11 is 0. The quantitative estimate of drug-likeness (QED) is 0.832. The molecule has 1 atom stereocenters. The van der Waals surface area contributed by atoms with Crippen LogP contribution in [-0.4, -0.2) is 6.54 Å². The standard InChI is InChI=1S/C16H14F3NO/c1-10-6-7-13-14(8-10)21-15(9-20-13)11-4-2-3-5-12(11)16(17,18)19/h2-8,15,20H,9H2,1H3. The predicted molar refractivity (Wildman–Crippen MR) is 74.5 cm³/mol. The summed E-state index contributed by atoms with van der Waals surface area (Å²) in [5.41, 5.74) is 1.32. The van der Waals surface area contributed by atoms with E-state index in [1.165, 1.54) is 12.1 Å². The van der Waals surface area contributed by atoms with Crippen molar-refractivity contribution in [2.75, 3.05) is 11.9 Å². The maximum Gasteiger partial charge on any atom is 0.416 e. The van der Waals surface area contributed by atoms with Gasteiger partial charge in [-0.15, -0.1) is 0 Å². The average Bonchev–Trinajstić information content (AvgIpc) is 2.45. The van der Waals surface area contributed by atoms with Crippen LogP contribution in [0.25, 0.3) is 0 Å². The minimum absolute atomic E-state index is 0.157. The molecule has 0 saturated heterocycles. The fourth-order valence-corrected chi connectivity index (χ4v) is 2.48. The summed E-state index contributed by atoms with van der Waals surface area (Å²) in [5.74, 6) is 0.586. The third-order valence-corrected chi connectivity index (χ3v) is 3.50. The zero-order valence-corrected chi connectivity index (χ0v) is 11.4. The summed E-state index contributed by atoms with van der Waals surface area (Å²) in [6.45, 7) is 2.22. The van der Waals surface area contributed by atoms with Gasteiger partial charge in [-0.05, 0) is 30.7 Å². The monoisotopic (exact) mass is 293 g/mol. The summed E-state index contributed by atoms with van der Waals surface area (Å²) in [6.07, 6.45) is -5.04. The molecular formula is C16H14F3NO. The van der Waals surface area contributed by atoms with Crippen LogP contribution in [0.1, 0.15) is 22.8 Å². The summed E-state index contributed by atoms with van der Waals surface area (Å²) in [4.78, 5) is 0. The van der Waals surface area contributed by atoms with Crippen LogP contribution in [0.5, 0.6) is 5.75 Å². The van der Waals surface area contributed by atoms with Gasteiger partial charge in [0.1, 0.15) is 11.9 Å². The van der Waals surface area contributed by atoms with Gasteiger partial charge in [0.2, 0.25) is 0 Å². The van der Waals surface area contributed by atoms with Crippen molar-refractivity contribution in [3.63, 3.8) is 0 Å². The molecule has 0 amide bonds. The lowest BCUT2D eigenvalue weighted by Crippen LogP contribution is -2.26. The van der Waals surface area contributed by atoms with Crippen LogP contribution in [0.4, 0.5) is 18.9 Å². The smallest absolute Gasteiger partial charge is 0.416 e. The molecule has 1 N–H and O–H groups in total. The highest BCUT2D eigenvalue weighted by Gasteiger charge is 2.36. The Hall–Kier alpha value is -2.17. The Labute approximate surface area is 120 Å². The Morgan fingerprint density at radius 3 is 2.67 bits per heavy atom. The lowest BCUT2D eigenvalue weighted by atomic mass is 10.0. The molecule has 110 valence electrons. The van der Waals surface area contributed by atoms with E-state index in [4.69, 9.17) is 4.74 Å². The van der Waals surface area contributed by atoms with Gasteiger partial charge in [0, 0.05) is 5.56 Å². The maximum absolute atomic E-state index is 13.1. The van der Waals surface area contributed by atoms with Gasteiger partial charge >= 0.3 is 6.18 Å². The maximum atomic E-state index is 13.1. The Kier molecular flexibility index (Phi) is 3.27. The molecule has 3 rings (SSSR count). The lowest BCUT2D eigenvalue weighted by Gasteiger charge is -2.29. The first kappa shape index (κ1) is 13.8. The summed E-state index contributed by atoms with van der Waals surface area (Å²) < 4.78 is 45.0.